The fraction of sp³-hybridized carbons (Fsp3) is 0.318. The maximum absolute atomic E-state index is 12.5. The molecule has 1 aliphatic heterocycles. The normalized spacial score (nSPS) is 16.8. The molecular formula is C22H21ClN4O2. The minimum atomic E-state index is -0.116. The Bertz CT molecular complexity index is 1080. The van der Waals surface area contributed by atoms with Crippen LogP contribution < -0.4 is 10.2 Å². The predicted octanol–water partition coefficient (Wildman–Crippen LogP) is 3.68. The van der Waals surface area contributed by atoms with Crippen LogP contribution in [0.25, 0.3) is 22.2 Å². The molecule has 2 aliphatic rings. The van der Waals surface area contributed by atoms with Gasteiger partial charge in [0.05, 0.1) is 41.0 Å². The van der Waals surface area contributed by atoms with Gasteiger partial charge in [-0.2, -0.15) is 0 Å². The van der Waals surface area contributed by atoms with Crippen molar-refractivity contribution in [3.05, 3.63) is 53.2 Å². The zero-order valence-electron chi connectivity index (χ0n) is 15.9. The van der Waals surface area contributed by atoms with Gasteiger partial charge in [-0.15, -0.1) is 0 Å². The summed E-state index contributed by atoms with van der Waals surface area (Å²) in [7, 11) is 0. The summed E-state index contributed by atoms with van der Waals surface area (Å²) in [6, 6.07) is 11.8. The maximum Gasteiger partial charge on any atom is 0.253 e. The van der Waals surface area contributed by atoms with Gasteiger partial charge in [0.15, 0.2) is 0 Å². The molecule has 0 radical (unpaired) electrons. The number of hydrogen-bond acceptors (Lipinski definition) is 5. The highest BCUT2D eigenvalue weighted by molar-refractivity contribution is 6.34. The molecule has 5 rings (SSSR count). The second-order valence-electron chi connectivity index (χ2n) is 7.47. The van der Waals surface area contributed by atoms with Gasteiger partial charge in [-0.05, 0) is 48.2 Å². The number of hydrogen-bond donors (Lipinski definition) is 1. The Morgan fingerprint density at radius 2 is 1.83 bits per heavy atom. The van der Waals surface area contributed by atoms with Crippen molar-refractivity contribution in [2.24, 2.45) is 0 Å². The van der Waals surface area contributed by atoms with Crippen molar-refractivity contribution in [1.29, 1.82) is 0 Å². The molecule has 148 valence electrons. The number of nitrogens with one attached hydrogen (secondary N) is 1. The second-order valence-corrected chi connectivity index (χ2v) is 7.88. The quantitative estimate of drug-likeness (QED) is 0.713. The fourth-order valence-electron chi connectivity index (χ4n) is 3.50. The predicted molar refractivity (Wildman–Crippen MR) is 114 cm³/mol. The van der Waals surface area contributed by atoms with Crippen molar-refractivity contribution in [3.63, 3.8) is 0 Å². The fourth-order valence-corrected chi connectivity index (χ4v) is 3.70. The van der Waals surface area contributed by atoms with Gasteiger partial charge in [0, 0.05) is 19.1 Å². The SMILES string of the molecule is O=C(NC1CC1)c1cc(-c2ccc3ncc(N4CCOCC4)nc3c2)ccc1Cl. The molecule has 0 spiro atoms. The van der Waals surface area contributed by atoms with E-state index in [0.29, 0.717) is 23.8 Å². The lowest BCUT2D eigenvalue weighted by Gasteiger charge is -2.27. The summed E-state index contributed by atoms with van der Waals surface area (Å²) in [4.78, 5) is 24.1. The molecule has 1 amide bonds. The van der Waals surface area contributed by atoms with Gasteiger partial charge in [0.2, 0.25) is 0 Å². The number of carbonyl (C=O) groups excluding carboxylic acids is 1. The largest absolute Gasteiger partial charge is 0.378 e. The van der Waals surface area contributed by atoms with Gasteiger partial charge in [-0.1, -0.05) is 23.7 Å². The van der Waals surface area contributed by atoms with E-state index in [9.17, 15) is 4.79 Å². The van der Waals surface area contributed by atoms with E-state index in [0.717, 1.165) is 53.9 Å². The number of amides is 1. The summed E-state index contributed by atoms with van der Waals surface area (Å²) < 4.78 is 5.42. The van der Waals surface area contributed by atoms with E-state index in [2.05, 4.69) is 15.2 Å². The van der Waals surface area contributed by atoms with Gasteiger partial charge in [-0.25, -0.2) is 4.98 Å². The van der Waals surface area contributed by atoms with Crippen LogP contribution in [0.4, 0.5) is 5.82 Å². The van der Waals surface area contributed by atoms with E-state index in [4.69, 9.17) is 21.3 Å². The minimum Gasteiger partial charge on any atom is -0.378 e. The van der Waals surface area contributed by atoms with Crippen LogP contribution in [0, 0.1) is 0 Å². The van der Waals surface area contributed by atoms with Crippen molar-refractivity contribution < 1.29 is 9.53 Å². The van der Waals surface area contributed by atoms with Crippen LogP contribution in [-0.4, -0.2) is 48.2 Å². The van der Waals surface area contributed by atoms with E-state index in [-0.39, 0.29) is 11.9 Å². The maximum atomic E-state index is 12.5. The van der Waals surface area contributed by atoms with Crippen molar-refractivity contribution in [2.75, 3.05) is 31.2 Å². The number of nitrogens with zero attached hydrogens (tertiary/aromatic N) is 3. The molecule has 2 aromatic carbocycles. The Hall–Kier alpha value is -2.70. The third kappa shape index (κ3) is 3.91. The minimum absolute atomic E-state index is 0.116. The van der Waals surface area contributed by atoms with Crippen LogP contribution in [0.3, 0.4) is 0 Å². The Kier molecular flexibility index (Phi) is 4.81. The molecule has 6 nitrogen and oxygen atoms in total. The lowest BCUT2D eigenvalue weighted by molar-refractivity contribution is 0.0951. The highest BCUT2D eigenvalue weighted by Crippen LogP contribution is 2.29. The monoisotopic (exact) mass is 408 g/mol. The zero-order valence-corrected chi connectivity index (χ0v) is 16.7. The average molecular weight is 409 g/mol. The van der Waals surface area contributed by atoms with Crippen molar-refractivity contribution in [1.82, 2.24) is 15.3 Å². The van der Waals surface area contributed by atoms with E-state index < -0.39 is 0 Å². The van der Waals surface area contributed by atoms with Gasteiger partial charge in [-0.3, -0.25) is 9.78 Å². The second kappa shape index (κ2) is 7.61. The van der Waals surface area contributed by atoms with Crippen LogP contribution in [-0.2, 0) is 4.74 Å². The Labute approximate surface area is 173 Å². The molecule has 2 fully saturated rings. The molecule has 1 saturated carbocycles. The van der Waals surface area contributed by atoms with Crippen molar-refractivity contribution in [3.8, 4) is 11.1 Å². The average Bonchev–Trinajstić information content (AvgIpc) is 3.58. The summed E-state index contributed by atoms with van der Waals surface area (Å²) in [5.41, 5.74) is 4.07. The van der Waals surface area contributed by atoms with E-state index >= 15 is 0 Å². The first-order valence-corrected chi connectivity index (χ1v) is 10.3. The van der Waals surface area contributed by atoms with Crippen LogP contribution in [0.15, 0.2) is 42.6 Å². The molecule has 0 bridgehead atoms. The first-order valence-electron chi connectivity index (χ1n) is 9.88. The highest BCUT2D eigenvalue weighted by atomic mass is 35.5. The highest BCUT2D eigenvalue weighted by Gasteiger charge is 2.25. The molecule has 1 aliphatic carbocycles. The standard InChI is InChI=1S/C22H21ClN4O2/c23-18-5-1-14(11-17(18)22(28)25-16-3-4-16)15-2-6-19-20(12-15)26-21(13-24-19)27-7-9-29-10-8-27/h1-2,5-6,11-13,16H,3-4,7-10H2,(H,25,28). The van der Waals surface area contributed by atoms with Crippen LogP contribution in [0.1, 0.15) is 23.2 Å². The number of rotatable bonds is 4. The molecule has 3 aromatic rings. The zero-order chi connectivity index (χ0) is 19.8. The van der Waals surface area contributed by atoms with E-state index in [1.54, 1.807) is 6.07 Å². The first kappa shape index (κ1) is 18.3. The molecule has 2 heterocycles. The molecule has 1 saturated heterocycles. The molecular weight excluding hydrogens is 388 g/mol. The van der Waals surface area contributed by atoms with Crippen molar-refractivity contribution >= 4 is 34.4 Å². The van der Waals surface area contributed by atoms with Crippen molar-refractivity contribution in [2.45, 2.75) is 18.9 Å². The van der Waals surface area contributed by atoms with Gasteiger partial charge in [0.25, 0.3) is 5.91 Å². The number of aromatic nitrogens is 2. The van der Waals surface area contributed by atoms with E-state index in [1.165, 1.54) is 0 Å². The Balaban J connectivity index is 1.48. The summed E-state index contributed by atoms with van der Waals surface area (Å²) >= 11 is 6.29. The lowest BCUT2D eigenvalue weighted by Crippen LogP contribution is -2.36. The van der Waals surface area contributed by atoms with E-state index in [1.807, 2.05) is 36.5 Å². The number of fused-ring (bicyclic) bond motifs is 1. The molecule has 1 aromatic heterocycles. The number of benzene rings is 2. The Morgan fingerprint density at radius 3 is 2.62 bits per heavy atom. The smallest absolute Gasteiger partial charge is 0.253 e. The molecule has 0 atom stereocenters. The van der Waals surface area contributed by atoms with Crippen LogP contribution in [0.5, 0.6) is 0 Å². The first-order chi connectivity index (χ1) is 14.2. The van der Waals surface area contributed by atoms with Gasteiger partial charge < -0.3 is 15.0 Å². The number of morpholine rings is 1. The number of carbonyl (C=O) groups is 1. The third-order valence-corrected chi connectivity index (χ3v) is 5.65. The molecule has 7 heteroatoms. The third-order valence-electron chi connectivity index (χ3n) is 5.32. The Morgan fingerprint density at radius 1 is 1.07 bits per heavy atom. The van der Waals surface area contributed by atoms with Gasteiger partial charge >= 0.3 is 0 Å². The number of ether oxygens (including phenoxy) is 1. The summed E-state index contributed by atoms with van der Waals surface area (Å²) in [6.07, 6.45) is 3.89. The lowest BCUT2D eigenvalue weighted by atomic mass is 10.0. The summed E-state index contributed by atoms with van der Waals surface area (Å²) in [6.45, 7) is 3.04. The number of halogens is 1. The molecule has 0 unspecified atom stereocenters. The summed E-state index contributed by atoms with van der Waals surface area (Å²) in [5, 5.41) is 3.46. The topological polar surface area (TPSA) is 67.4 Å². The molecule has 1 N–H and O–H groups in total. The summed E-state index contributed by atoms with van der Waals surface area (Å²) in [5.74, 6) is 0.744. The number of anilines is 1. The molecule has 29 heavy (non-hydrogen) atoms. The van der Waals surface area contributed by atoms with Crippen LogP contribution >= 0.6 is 11.6 Å². The van der Waals surface area contributed by atoms with Crippen LogP contribution in [0.2, 0.25) is 5.02 Å². The van der Waals surface area contributed by atoms with Gasteiger partial charge in [0.1, 0.15) is 5.82 Å².